The van der Waals surface area contributed by atoms with E-state index < -0.39 is 0 Å². The van der Waals surface area contributed by atoms with Gasteiger partial charge in [0.1, 0.15) is 0 Å². The van der Waals surface area contributed by atoms with Crippen LogP contribution in [-0.4, -0.2) is 23.6 Å². The minimum Gasteiger partial charge on any atom is -0.348 e. The Balaban J connectivity index is 1.91. The van der Waals surface area contributed by atoms with E-state index in [0.29, 0.717) is 0 Å². The van der Waals surface area contributed by atoms with E-state index in [-0.39, 0.29) is 5.54 Å². The summed E-state index contributed by atoms with van der Waals surface area (Å²) < 4.78 is 0. The van der Waals surface area contributed by atoms with E-state index in [4.69, 9.17) is 0 Å². The molecule has 0 atom stereocenters. The molecule has 0 radical (unpaired) electrons. The Morgan fingerprint density at radius 2 is 2.17 bits per heavy atom. The zero-order valence-electron chi connectivity index (χ0n) is 12.0. The minimum absolute atomic E-state index is 0.169. The van der Waals surface area contributed by atoms with Gasteiger partial charge in [0, 0.05) is 36.2 Å². The van der Waals surface area contributed by atoms with Crippen LogP contribution in [0.25, 0.3) is 0 Å². The third kappa shape index (κ3) is 4.25. The summed E-state index contributed by atoms with van der Waals surface area (Å²) in [5.74, 6) is 0.921. The van der Waals surface area contributed by atoms with Crippen LogP contribution in [0, 0.1) is 5.92 Å². The number of nitrogens with zero attached hydrogens (tertiary/aromatic N) is 2. The van der Waals surface area contributed by atoms with E-state index in [1.54, 1.807) is 0 Å². The van der Waals surface area contributed by atoms with Crippen LogP contribution in [0.1, 0.15) is 45.4 Å². The maximum absolute atomic E-state index is 4.57. The highest BCUT2D eigenvalue weighted by Gasteiger charge is 2.25. The smallest absolute Gasteiger partial charge is 0.185 e. The molecule has 1 heterocycles. The number of aromatic nitrogens is 1. The molecular weight excluding hydrogens is 242 g/mol. The van der Waals surface area contributed by atoms with Crippen LogP contribution < -0.4 is 10.2 Å². The molecule has 1 fully saturated rings. The van der Waals surface area contributed by atoms with Crippen molar-refractivity contribution in [3.63, 3.8) is 0 Å². The standard InChI is InChI=1S/C14H25N3S/c1-5-17(10-11-6-7-11)13-15-8-12(18-13)9-16-14(2,3)4/h8,11,16H,5-7,9-10H2,1-4H3. The molecule has 4 heteroatoms. The van der Waals surface area contributed by atoms with E-state index in [1.807, 2.05) is 17.5 Å². The largest absolute Gasteiger partial charge is 0.348 e. The maximum atomic E-state index is 4.57. The van der Waals surface area contributed by atoms with Crippen molar-refractivity contribution >= 4 is 16.5 Å². The number of hydrogen-bond acceptors (Lipinski definition) is 4. The van der Waals surface area contributed by atoms with Crippen LogP contribution in [0.2, 0.25) is 0 Å². The number of anilines is 1. The molecule has 18 heavy (non-hydrogen) atoms. The molecule has 0 aromatic carbocycles. The lowest BCUT2D eigenvalue weighted by molar-refractivity contribution is 0.426. The van der Waals surface area contributed by atoms with E-state index in [0.717, 1.165) is 19.0 Å². The van der Waals surface area contributed by atoms with Gasteiger partial charge in [-0.25, -0.2) is 4.98 Å². The van der Waals surface area contributed by atoms with Crippen molar-refractivity contribution < 1.29 is 0 Å². The van der Waals surface area contributed by atoms with Gasteiger partial charge in [-0.15, -0.1) is 11.3 Å². The molecule has 1 N–H and O–H groups in total. The summed E-state index contributed by atoms with van der Waals surface area (Å²) in [4.78, 5) is 8.32. The zero-order chi connectivity index (χ0) is 13.2. The normalized spacial score (nSPS) is 16.0. The summed E-state index contributed by atoms with van der Waals surface area (Å²) in [5, 5.41) is 4.70. The highest BCUT2D eigenvalue weighted by atomic mass is 32.1. The third-order valence-electron chi connectivity index (χ3n) is 3.16. The van der Waals surface area contributed by atoms with E-state index in [9.17, 15) is 0 Å². The molecule has 0 saturated heterocycles. The molecule has 0 bridgehead atoms. The molecule has 1 saturated carbocycles. The Kier molecular flexibility index (Phi) is 4.28. The van der Waals surface area contributed by atoms with Crippen molar-refractivity contribution in [3.05, 3.63) is 11.1 Å². The summed E-state index contributed by atoms with van der Waals surface area (Å²) in [6, 6.07) is 0. The molecule has 1 aliphatic rings. The number of hydrogen-bond donors (Lipinski definition) is 1. The number of thiazole rings is 1. The van der Waals surface area contributed by atoms with E-state index in [2.05, 4.69) is 42.9 Å². The van der Waals surface area contributed by atoms with Gasteiger partial charge in [0.25, 0.3) is 0 Å². The molecule has 3 nitrogen and oxygen atoms in total. The van der Waals surface area contributed by atoms with Gasteiger partial charge >= 0.3 is 0 Å². The van der Waals surface area contributed by atoms with Gasteiger partial charge in [0.05, 0.1) is 0 Å². The van der Waals surface area contributed by atoms with E-state index >= 15 is 0 Å². The first kappa shape index (κ1) is 13.8. The van der Waals surface area contributed by atoms with Crippen molar-refractivity contribution in [3.8, 4) is 0 Å². The predicted molar refractivity (Wildman–Crippen MR) is 79.3 cm³/mol. The van der Waals surface area contributed by atoms with Crippen LogP contribution in [0.15, 0.2) is 6.20 Å². The summed E-state index contributed by atoms with van der Waals surface area (Å²) in [5.41, 5.74) is 0.169. The first-order chi connectivity index (χ1) is 8.48. The van der Waals surface area contributed by atoms with Gasteiger partial charge in [-0.05, 0) is 46.5 Å². The molecule has 0 spiro atoms. The molecule has 1 aromatic heterocycles. The van der Waals surface area contributed by atoms with Crippen LogP contribution in [0.5, 0.6) is 0 Å². The molecule has 0 amide bonds. The number of nitrogens with one attached hydrogen (secondary N) is 1. The van der Waals surface area contributed by atoms with Crippen LogP contribution >= 0.6 is 11.3 Å². The predicted octanol–water partition coefficient (Wildman–Crippen LogP) is 3.27. The monoisotopic (exact) mass is 267 g/mol. The Morgan fingerprint density at radius 3 is 2.72 bits per heavy atom. The lowest BCUT2D eigenvalue weighted by Crippen LogP contribution is -2.34. The first-order valence-electron chi connectivity index (χ1n) is 6.92. The molecular formula is C14H25N3S. The molecule has 2 rings (SSSR count). The Morgan fingerprint density at radius 1 is 1.44 bits per heavy atom. The van der Waals surface area contributed by atoms with Crippen LogP contribution in [-0.2, 0) is 6.54 Å². The summed E-state index contributed by atoms with van der Waals surface area (Å²) in [7, 11) is 0. The van der Waals surface area contributed by atoms with Crippen molar-refractivity contribution in [2.45, 2.75) is 52.6 Å². The average Bonchev–Trinajstić information content (AvgIpc) is 2.99. The fourth-order valence-electron chi connectivity index (χ4n) is 1.83. The summed E-state index contributed by atoms with van der Waals surface area (Å²) >= 11 is 1.83. The van der Waals surface area contributed by atoms with Crippen molar-refractivity contribution in [1.82, 2.24) is 10.3 Å². The molecule has 102 valence electrons. The second-order valence-electron chi connectivity index (χ2n) is 6.19. The van der Waals surface area contributed by atoms with Crippen molar-refractivity contribution in [2.75, 3.05) is 18.0 Å². The highest BCUT2D eigenvalue weighted by molar-refractivity contribution is 7.15. The summed E-state index contributed by atoms with van der Waals surface area (Å²) in [6.45, 7) is 12.0. The topological polar surface area (TPSA) is 28.2 Å². The lowest BCUT2D eigenvalue weighted by atomic mass is 10.1. The fraction of sp³-hybridized carbons (Fsp3) is 0.786. The van der Waals surface area contributed by atoms with Crippen molar-refractivity contribution in [1.29, 1.82) is 0 Å². The van der Waals surface area contributed by atoms with Gasteiger partial charge in [0.15, 0.2) is 5.13 Å². The highest BCUT2D eigenvalue weighted by Crippen LogP contribution is 2.32. The van der Waals surface area contributed by atoms with E-state index in [1.165, 1.54) is 29.4 Å². The number of rotatable bonds is 6. The van der Waals surface area contributed by atoms with Gasteiger partial charge < -0.3 is 10.2 Å². The maximum Gasteiger partial charge on any atom is 0.185 e. The SMILES string of the molecule is CCN(CC1CC1)c1ncc(CNC(C)(C)C)s1. The average molecular weight is 267 g/mol. The van der Waals surface area contributed by atoms with Crippen LogP contribution in [0.4, 0.5) is 5.13 Å². The third-order valence-corrected chi connectivity index (χ3v) is 4.22. The fourth-order valence-corrected chi connectivity index (χ4v) is 2.75. The van der Waals surface area contributed by atoms with Gasteiger partial charge in [0.2, 0.25) is 0 Å². The van der Waals surface area contributed by atoms with Gasteiger partial charge in [-0.1, -0.05) is 0 Å². The van der Waals surface area contributed by atoms with Gasteiger partial charge in [-0.3, -0.25) is 0 Å². The summed E-state index contributed by atoms with van der Waals surface area (Å²) in [6.07, 6.45) is 4.83. The molecule has 1 aliphatic carbocycles. The lowest BCUT2D eigenvalue weighted by Gasteiger charge is -2.20. The Labute approximate surface area is 115 Å². The Bertz CT molecular complexity index is 377. The molecule has 0 unspecified atom stereocenters. The minimum atomic E-state index is 0.169. The zero-order valence-corrected chi connectivity index (χ0v) is 12.8. The Hall–Kier alpha value is -0.610. The second kappa shape index (κ2) is 5.57. The quantitative estimate of drug-likeness (QED) is 0.857. The first-order valence-corrected chi connectivity index (χ1v) is 7.74. The van der Waals surface area contributed by atoms with Gasteiger partial charge in [-0.2, -0.15) is 0 Å². The molecule has 0 aliphatic heterocycles. The molecule has 1 aromatic rings. The van der Waals surface area contributed by atoms with Crippen LogP contribution in [0.3, 0.4) is 0 Å². The van der Waals surface area contributed by atoms with Crippen molar-refractivity contribution in [2.24, 2.45) is 5.92 Å². The second-order valence-corrected chi connectivity index (χ2v) is 7.29.